The Bertz CT molecular complexity index is 363. The summed E-state index contributed by atoms with van der Waals surface area (Å²) in [6.45, 7) is 2.11. The smallest absolute Gasteiger partial charge is 0.119 e. The normalized spacial score (nSPS) is 18.0. The number of hydrogen-bond acceptors (Lipinski definition) is 1. The van der Waals surface area contributed by atoms with Gasteiger partial charge in [-0.1, -0.05) is 12.1 Å². The molecular formula is C13H16O. The summed E-state index contributed by atoms with van der Waals surface area (Å²) in [6.07, 6.45) is 5.91. The minimum absolute atomic E-state index is 0.963. The van der Waals surface area contributed by atoms with Gasteiger partial charge < -0.3 is 4.74 Å². The Hall–Kier alpha value is -1.24. The number of fused-ring (bicyclic) bond motifs is 1. The lowest BCUT2D eigenvalue weighted by molar-refractivity contribution is 0.414. The standard InChI is InChI=1S/C13H16O/c1-3-10-5-4-6-11-7-8-12(14-2)9-13(10)11/h3,7-9H,4-6H2,1-2H3. The summed E-state index contributed by atoms with van der Waals surface area (Å²) in [5.41, 5.74) is 4.31. The summed E-state index contributed by atoms with van der Waals surface area (Å²) in [7, 11) is 1.72. The highest BCUT2D eigenvalue weighted by Crippen LogP contribution is 2.32. The molecule has 0 radical (unpaired) electrons. The molecule has 1 aromatic carbocycles. The van der Waals surface area contributed by atoms with Gasteiger partial charge in [-0.15, -0.1) is 0 Å². The first-order chi connectivity index (χ1) is 6.85. The molecule has 2 rings (SSSR count). The first-order valence-electron chi connectivity index (χ1n) is 5.17. The highest BCUT2D eigenvalue weighted by molar-refractivity contribution is 5.70. The van der Waals surface area contributed by atoms with Gasteiger partial charge in [-0.2, -0.15) is 0 Å². The van der Waals surface area contributed by atoms with Gasteiger partial charge in [0, 0.05) is 0 Å². The monoisotopic (exact) mass is 188 g/mol. The molecule has 1 aliphatic carbocycles. The lowest BCUT2D eigenvalue weighted by Crippen LogP contribution is -2.01. The predicted molar refractivity (Wildman–Crippen MR) is 59.6 cm³/mol. The van der Waals surface area contributed by atoms with Crippen LogP contribution in [0.5, 0.6) is 5.75 Å². The van der Waals surface area contributed by atoms with Crippen LogP contribution in [0.3, 0.4) is 0 Å². The number of aryl methyl sites for hydroxylation is 1. The SMILES string of the molecule is CC=C1CCCc2ccc(OC)cc21. The van der Waals surface area contributed by atoms with Crippen molar-refractivity contribution < 1.29 is 4.74 Å². The zero-order chi connectivity index (χ0) is 9.97. The predicted octanol–water partition coefficient (Wildman–Crippen LogP) is 3.43. The molecule has 0 heterocycles. The van der Waals surface area contributed by atoms with Gasteiger partial charge in [-0.05, 0) is 55.0 Å². The molecule has 0 aromatic heterocycles. The molecule has 0 N–H and O–H groups in total. The van der Waals surface area contributed by atoms with Crippen molar-refractivity contribution in [3.05, 3.63) is 35.4 Å². The maximum atomic E-state index is 5.25. The van der Waals surface area contributed by atoms with Crippen LogP contribution in [0, 0.1) is 0 Å². The Morgan fingerprint density at radius 3 is 2.86 bits per heavy atom. The Labute approximate surface area is 85.4 Å². The van der Waals surface area contributed by atoms with Gasteiger partial charge in [0.05, 0.1) is 7.11 Å². The fourth-order valence-corrected chi connectivity index (χ4v) is 2.10. The van der Waals surface area contributed by atoms with Crippen molar-refractivity contribution in [1.29, 1.82) is 0 Å². The van der Waals surface area contributed by atoms with E-state index in [0.717, 1.165) is 5.75 Å². The molecule has 0 saturated heterocycles. The van der Waals surface area contributed by atoms with Crippen molar-refractivity contribution in [3.63, 3.8) is 0 Å². The van der Waals surface area contributed by atoms with Crippen LogP contribution < -0.4 is 4.74 Å². The third-order valence-corrected chi connectivity index (χ3v) is 2.90. The number of rotatable bonds is 1. The third-order valence-electron chi connectivity index (χ3n) is 2.90. The summed E-state index contributed by atoms with van der Waals surface area (Å²) in [5, 5.41) is 0. The number of methoxy groups -OCH3 is 1. The molecular weight excluding hydrogens is 172 g/mol. The molecule has 0 amide bonds. The molecule has 1 nitrogen and oxygen atoms in total. The summed E-state index contributed by atoms with van der Waals surface area (Å²) in [5.74, 6) is 0.963. The average Bonchev–Trinajstić information content (AvgIpc) is 2.27. The Kier molecular flexibility index (Phi) is 2.58. The average molecular weight is 188 g/mol. The summed E-state index contributed by atoms with van der Waals surface area (Å²) >= 11 is 0. The van der Waals surface area contributed by atoms with Gasteiger partial charge >= 0.3 is 0 Å². The van der Waals surface area contributed by atoms with Crippen molar-refractivity contribution in [2.75, 3.05) is 7.11 Å². The molecule has 0 fully saturated rings. The van der Waals surface area contributed by atoms with E-state index in [0.29, 0.717) is 0 Å². The van der Waals surface area contributed by atoms with Crippen LogP contribution >= 0.6 is 0 Å². The molecule has 1 aromatic rings. The highest BCUT2D eigenvalue weighted by atomic mass is 16.5. The Balaban J connectivity index is 2.49. The van der Waals surface area contributed by atoms with Gasteiger partial charge in [-0.3, -0.25) is 0 Å². The minimum Gasteiger partial charge on any atom is -0.497 e. The fourth-order valence-electron chi connectivity index (χ4n) is 2.10. The quantitative estimate of drug-likeness (QED) is 0.656. The van der Waals surface area contributed by atoms with Gasteiger partial charge in [0.15, 0.2) is 0 Å². The summed E-state index contributed by atoms with van der Waals surface area (Å²) in [4.78, 5) is 0. The van der Waals surface area contributed by atoms with Crippen LogP contribution in [0.2, 0.25) is 0 Å². The van der Waals surface area contributed by atoms with Crippen LogP contribution in [-0.2, 0) is 6.42 Å². The molecule has 0 bridgehead atoms. The molecule has 1 heteroatoms. The summed E-state index contributed by atoms with van der Waals surface area (Å²) in [6, 6.07) is 6.40. The molecule has 0 saturated carbocycles. The first-order valence-corrected chi connectivity index (χ1v) is 5.17. The van der Waals surface area contributed by atoms with E-state index >= 15 is 0 Å². The molecule has 0 aliphatic heterocycles. The second kappa shape index (κ2) is 3.87. The van der Waals surface area contributed by atoms with E-state index < -0.39 is 0 Å². The topological polar surface area (TPSA) is 9.23 Å². The van der Waals surface area contributed by atoms with Crippen LogP contribution in [0.15, 0.2) is 24.3 Å². The van der Waals surface area contributed by atoms with Crippen LogP contribution in [0.1, 0.15) is 30.9 Å². The van der Waals surface area contributed by atoms with Crippen molar-refractivity contribution in [2.24, 2.45) is 0 Å². The first kappa shape index (κ1) is 9.32. The molecule has 14 heavy (non-hydrogen) atoms. The second-order valence-electron chi connectivity index (χ2n) is 3.69. The van der Waals surface area contributed by atoms with E-state index in [1.165, 1.54) is 36.0 Å². The lowest BCUT2D eigenvalue weighted by atomic mass is 9.87. The number of hydrogen-bond donors (Lipinski definition) is 0. The van der Waals surface area contributed by atoms with E-state index in [2.05, 4.69) is 31.2 Å². The zero-order valence-electron chi connectivity index (χ0n) is 8.84. The van der Waals surface area contributed by atoms with Crippen molar-refractivity contribution in [1.82, 2.24) is 0 Å². The minimum atomic E-state index is 0.963. The van der Waals surface area contributed by atoms with E-state index in [1.807, 2.05) is 0 Å². The number of allylic oxidation sites excluding steroid dienone is 2. The molecule has 1 aliphatic rings. The lowest BCUT2D eigenvalue weighted by Gasteiger charge is -2.19. The molecule has 74 valence electrons. The third kappa shape index (κ3) is 1.54. The largest absolute Gasteiger partial charge is 0.497 e. The van der Waals surface area contributed by atoms with Crippen molar-refractivity contribution in [2.45, 2.75) is 26.2 Å². The van der Waals surface area contributed by atoms with E-state index in [1.54, 1.807) is 7.11 Å². The van der Waals surface area contributed by atoms with Gasteiger partial charge in [0.2, 0.25) is 0 Å². The second-order valence-corrected chi connectivity index (χ2v) is 3.69. The molecule has 0 atom stereocenters. The maximum Gasteiger partial charge on any atom is 0.119 e. The fraction of sp³-hybridized carbons (Fsp3) is 0.385. The molecule has 0 unspecified atom stereocenters. The number of ether oxygens (including phenoxy) is 1. The maximum absolute atomic E-state index is 5.25. The van der Waals surface area contributed by atoms with Crippen LogP contribution in [-0.4, -0.2) is 7.11 Å². The van der Waals surface area contributed by atoms with E-state index in [-0.39, 0.29) is 0 Å². The van der Waals surface area contributed by atoms with Crippen molar-refractivity contribution >= 4 is 5.57 Å². The Morgan fingerprint density at radius 2 is 2.14 bits per heavy atom. The van der Waals surface area contributed by atoms with Crippen molar-refractivity contribution in [3.8, 4) is 5.75 Å². The van der Waals surface area contributed by atoms with Crippen LogP contribution in [0.25, 0.3) is 5.57 Å². The zero-order valence-corrected chi connectivity index (χ0v) is 8.84. The Morgan fingerprint density at radius 1 is 1.29 bits per heavy atom. The summed E-state index contributed by atoms with van der Waals surface area (Å²) < 4.78 is 5.25. The number of benzene rings is 1. The van der Waals surface area contributed by atoms with Gasteiger partial charge in [-0.25, -0.2) is 0 Å². The molecule has 0 spiro atoms. The van der Waals surface area contributed by atoms with Gasteiger partial charge in [0.1, 0.15) is 5.75 Å². The van der Waals surface area contributed by atoms with Crippen LogP contribution in [0.4, 0.5) is 0 Å². The van der Waals surface area contributed by atoms with E-state index in [4.69, 9.17) is 4.74 Å². The van der Waals surface area contributed by atoms with E-state index in [9.17, 15) is 0 Å². The van der Waals surface area contributed by atoms with Gasteiger partial charge in [0.25, 0.3) is 0 Å². The highest BCUT2D eigenvalue weighted by Gasteiger charge is 2.13.